The van der Waals surface area contributed by atoms with Gasteiger partial charge >= 0.3 is 0 Å². The predicted molar refractivity (Wildman–Crippen MR) is 80.9 cm³/mol. The molecular formula is C13H17IN2O3. The molecule has 1 aromatic rings. The molecule has 1 aromatic carbocycles. The number of hydrogen-bond acceptors (Lipinski definition) is 3. The van der Waals surface area contributed by atoms with E-state index in [9.17, 15) is 9.59 Å². The normalized spacial score (nSPS) is 11.5. The SMILES string of the molecule is CCNC(=O)C(C)NC(=O)COc1ccc(I)cc1. The molecule has 0 aliphatic carbocycles. The topological polar surface area (TPSA) is 67.4 Å². The van der Waals surface area contributed by atoms with Crippen LogP contribution in [-0.4, -0.2) is 31.0 Å². The van der Waals surface area contributed by atoms with Gasteiger partial charge in [-0.2, -0.15) is 0 Å². The van der Waals surface area contributed by atoms with Gasteiger partial charge in [-0.05, 0) is 60.7 Å². The Morgan fingerprint density at radius 1 is 1.32 bits per heavy atom. The maximum Gasteiger partial charge on any atom is 0.258 e. The minimum Gasteiger partial charge on any atom is -0.484 e. The van der Waals surface area contributed by atoms with Gasteiger partial charge in [0.15, 0.2) is 6.61 Å². The van der Waals surface area contributed by atoms with Crippen LogP contribution in [0.1, 0.15) is 13.8 Å². The van der Waals surface area contributed by atoms with Crippen molar-refractivity contribution in [1.29, 1.82) is 0 Å². The molecule has 0 saturated carbocycles. The van der Waals surface area contributed by atoms with Crippen molar-refractivity contribution in [2.45, 2.75) is 19.9 Å². The minimum atomic E-state index is -0.562. The standard InChI is InChI=1S/C13H17IN2O3/c1-3-15-13(18)9(2)16-12(17)8-19-11-6-4-10(14)5-7-11/h4-7,9H,3,8H2,1-2H3,(H,15,18)(H,16,17). The van der Waals surface area contributed by atoms with Gasteiger partial charge in [-0.3, -0.25) is 9.59 Å². The molecule has 0 heterocycles. The van der Waals surface area contributed by atoms with E-state index in [1.807, 2.05) is 19.1 Å². The number of amides is 2. The lowest BCUT2D eigenvalue weighted by Gasteiger charge is -2.13. The zero-order chi connectivity index (χ0) is 14.3. The van der Waals surface area contributed by atoms with Crippen LogP contribution in [0.3, 0.4) is 0 Å². The molecule has 2 N–H and O–H groups in total. The van der Waals surface area contributed by atoms with Crippen molar-refractivity contribution in [1.82, 2.24) is 10.6 Å². The third-order valence-electron chi connectivity index (χ3n) is 2.31. The van der Waals surface area contributed by atoms with Gasteiger partial charge in [0.2, 0.25) is 5.91 Å². The summed E-state index contributed by atoms with van der Waals surface area (Å²) in [7, 11) is 0. The van der Waals surface area contributed by atoms with Crippen LogP contribution in [0.15, 0.2) is 24.3 Å². The number of likely N-dealkylation sites (N-methyl/N-ethyl adjacent to an activating group) is 1. The summed E-state index contributed by atoms with van der Waals surface area (Å²) in [5, 5.41) is 5.20. The summed E-state index contributed by atoms with van der Waals surface area (Å²) in [6.45, 7) is 3.89. The molecule has 0 spiro atoms. The van der Waals surface area contributed by atoms with Crippen molar-refractivity contribution in [2.75, 3.05) is 13.2 Å². The number of hydrogen-bond donors (Lipinski definition) is 2. The lowest BCUT2D eigenvalue weighted by atomic mass is 10.3. The highest BCUT2D eigenvalue weighted by atomic mass is 127. The second-order valence-corrected chi connectivity index (χ2v) is 5.17. The summed E-state index contributed by atoms with van der Waals surface area (Å²) in [6.07, 6.45) is 0. The highest BCUT2D eigenvalue weighted by molar-refractivity contribution is 14.1. The number of halogens is 1. The molecule has 6 heteroatoms. The first-order chi connectivity index (χ1) is 9.02. The third-order valence-corrected chi connectivity index (χ3v) is 3.02. The maximum absolute atomic E-state index is 11.6. The zero-order valence-corrected chi connectivity index (χ0v) is 13.1. The lowest BCUT2D eigenvalue weighted by molar-refractivity contribution is -0.129. The molecule has 0 aliphatic rings. The van der Waals surface area contributed by atoms with E-state index in [4.69, 9.17) is 4.74 Å². The Hall–Kier alpha value is -1.31. The summed E-state index contributed by atoms with van der Waals surface area (Å²) in [4.78, 5) is 23.0. The minimum absolute atomic E-state index is 0.107. The Balaban J connectivity index is 2.35. The first-order valence-corrected chi connectivity index (χ1v) is 7.06. The van der Waals surface area contributed by atoms with Gasteiger partial charge < -0.3 is 15.4 Å². The van der Waals surface area contributed by atoms with E-state index in [1.54, 1.807) is 19.1 Å². The molecule has 0 radical (unpaired) electrons. The summed E-state index contributed by atoms with van der Waals surface area (Å²) >= 11 is 2.19. The first kappa shape index (κ1) is 15.7. The van der Waals surface area contributed by atoms with E-state index >= 15 is 0 Å². The summed E-state index contributed by atoms with van der Waals surface area (Å²) < 4.78 is 6.41. The van der Waals surface area contributed by atoms with Crippen LogP contribution >= 0.6 is 22.6 Å². The first-order valence-electron chi connectivity index (χ1n) is 5.98. The molecule has 104 valence electrons. The van der Waals surface area contributed by atoms with Crippen LogP contribution in [0.25, 0.3) is 0 Å². The van der Waals surface area contributed by atoms with E-state index in [0.29, 0.717) is 12.3 Å². The van der Waals surface area contributed by atoms with E-state index in [0.717, 1.165) is 3.57 Å². The molecule has 0 saturated heterocycles. The van der Waals surface area contributed by atoms with Gasteiger partial charge in [0, 0.05) is 10.1 Å². The van der Waals surface area contributed by atoms with Crippen LogP contribution in [0.5, 0.6) is 5.75 Å². The van der Waals surface area contributed by atoms with Gasteiger partial charge in [-0.25, -0.2) is 0 Å². The van der Waals surface area contributed by atoms with E-state index < -0.39 is 6.04 Å². The van der Waals surface area contributed by atoms with Crippen molar-refractivity contribution in [3.63, 3.8) is 0 Å². The number of carbonyl (C=O) groups is 2. The molecule has 1 rings (SSSR count). The van der Waals surface area contributed by atoms with Gasteiger partial charge in [0.25, 0.3) is 5.91 Å². The predicted octanol–water partition coefficient (Wildman–Crippen LogP) is 1.31. The Morgan fingerprint density at radius 2 is 1.95 bits per heavy atom. The van der Waals surface area contributed by atoms with Crippen LogP contribution in [0.4, 0.5) is 0 Å². The average molecular weight is 376 g/mol. The Bertz CT molecular complexity index is 434. The van der Waals surface area contributed by atoms with Crippen LogP contribution in [0, 0.1) is 3.57 Å². The van der Waals surface area contributed by atoms with Crippen LogP contribution in [0.2, 0.25) is 0 Å². The molecule has 19 heavy (non-hydrogen) atoms. The highest BCUT2D eigenvalue weighted by Crippen LogP contribution is 2.13. The molecule has 1 atom stereocenters. The molecule has 0 aromatic heterocycles. The number of carbonyl (C=O) groups excluding carboxylic acids is 2. The molecular weight excluding hydrogens is 359 g/mol. The fourth-order valence-electron chi connectivity index (χ4n) is 1.36. The fourth-order valence-corrected chi connectivity index (χ4v) is 1.72. The van der Waals surface area contributed by atoms with Gasteiger partial charge in [-0.15, -0.1) is 0 Å². The van der Waals surface area contributed by atoms with Crippen molar-refractivity contribution in [3.8, 4) is 5.75 Å². The largest absolute Gasteiger partial charge is 0.484 e. The second-order valence-electron chi connectivity index (χ2n) is 3.93. The highest BCUT2D eigenvalue weighted by Gasteiger charge is 2.14. The average Bonchev–Trinajstić information content (AvgIpc) is 2.38. The monoisotopic (exact) mass is 376 g/mol. The van der Waals surface area contributed by atoms with Crippen molar-refractivity contribution >= 4 is 34.4 Å². The molecule has 2 amide bonds. The van der Waals surface area contributed by atoms with Crippen LogP contribution < -0.4 is 15.4 Å². The number of benzene rings is 1. The van der Waals surface area contributed by atoms with Gasteiger partial charge in [0.05, 0.1) is 0 Å². The molecule has 0 bridgehead atoms. The van der Waals surface area contributed by atoms with Gasteiger partial charge in [0.1, 0.15) is 11.8 Å². The van der Waals surface area contributed by atoms with Crippen molar-refractivity contribution in [2.24, 2.45) is 0 Å². The van der Waals surface area contributed by atoms with E-state index in [2.05, 4.69) is 33.2 Å². The molecule has 0 aliphatic heterocycles. The Morgan fingerprint density at radius 3 is 2.53 bits per heavy atom. The second kappa shape index (κ2) is 7.98. The molecule has 1 unspecified atom stereocenters. The zero-order valence-electron chi connectivity index (χ0n) is 10.9. The van der Waals surface area contributed by atoms with Crippen molar-refractivity contribution in [3.05, 3.63) is 27.8 Å². The summed E-state index contributed by atoms with van der Waals surface area (Å²) in [5.74, 6) is 0.101. The number of rotatable bonds is 6. The number of ether oxygens (including phenoxy) is 1. The maximum atomic E-state index is 11.6. The van der Waals surface area contributed by atoms with Crippen LogP contribution in [-0.2, 0) is 9.59 Å². The fraction of sp³-hybridized carbons (Fsp3) is 0.385. The quantitative estimate of drug-likeness (QED) is 0.736. The lowest BCUT2D eigenvalue weighted by Crippen LogP contribution is -2.46. The molecule has 5 nitrogen and oxygen atoms in total. The Kier molecular flexibility index (Phi) is 6.61. The van der Waals surface area contributed by atoms with Gasteiger partial charge in [-0.1, -0.05) is 0 Å². The van der Waals surface area contributed by atoms with E-state index in [-0.39, 0.29) is 18.4 Å². The summed E-state index contributed by atoms with van der Waals surface area (Å²) in [6, 6.07) is 6.81. The molecule has 0 fully saturated rings. The third kappa shape index (κ3) is 5.91. The van der Waals surface area contributed by atoms with E-state index in [1.165, 1.54) is 0 Å². The Labute approximate surface area is 126 Å². The smallest absolute Gasteiger partial charge is 0.258 e. The van der Waals surface area contributed by atoms with Crippen molar-refractivity contribution < 1.29 is 14.3 Å². The number of nitrogens with one attached hydrogen (secondary N) is 2. The summed E-state index contributed by atoms with van der Waals surface area (Å²) in [5.41, 5.74) is 0.